The number of carbonyl (C=O) groups is 1. The van der Waals surface area contributed by atoms with E-state index in [1.165, 1.54) is 24.3 Å². The molecule has 1 aliphatic heterocycles. The maximum Gasteiger partial charge on any atom is 0.400 e. The van der Waals surface area contributed by atoms with Crippen molar-refractivity contribution < 1.29 is 18.0 Å². The second-order valence-electron chi connectivity index (χ2n) is 8.74. The first-order valence-corrected chi connectivity index (χ1v) is 11.5. The zero-order valence-corrected chi connectivity index (χ0v) is 19.5. The lowest BCUT2D eigenvalue weighted by atomic mass is 9.76. The highest BCUT2D eigenvalue weighted by Gasteiger charge is 2.58. The summed E-state index contributed by atoms with van der Waals surface area (Å²) in [5.74, 6) is 0.379. The summed E-state index contributed by atoms with van der Waals surface area (Å²) >= 11 is 18.1. The van der Waals surface area contributed by atoms with Crippen molar-refractivity contribution in [3.05, 3.63) is 68.2 Å². The summed E-state index contributed by atoms with van der Waals surface area (Å²) in [6.45, 7) is 1.51. The SMILES string of the molecule is C[C@H](CC(=O)C1CC1)c1ccc(C2(C(F)(F)F)CN=C(c3cc(Cl)c(Cl)c(Cl)c3)C2)cc1. The number of aliphatic imine (C=N–C) groups is 1. The third-order valence-corrected chi connectivity index (χ3v) is 7.64. The van der Waals surface area contributed by atoms with Gasteiger partial charge in [-0.3, -0.25) is 9.79 Å². The number of ketones is 1. The Kier molecular flexibility index (Phi) is 6.38. The van der Waals surface area contributed by atoms with E-state index in [-0.39, 0.29) is 50.4 Å². The van der Waals surface area contributed by atoms with E-state index in [0.717, 1.165) is 18.4 Å². The maximum absolute atomic E-state index is 14.3. The van der Waals surface area contributed by atoms with Crippen LogP contribution in [0.3, 0.4) is 0 Å². The quantitative estimate of drug-likeness (QED) is 0.370. The van der Waals surface area contributed by atoms with E-state index < -0.39 is 18.1 Å². The van der Waals surface area contributed by atoms with E-state index >= 15 is 0 Å². The van der Waals surface area contributed by atoms with Gasteiger partial charge in [0.1, 0.15) is 11.2 Å². The van der Waals surface area contributed by atoms with Gasteiger partial charge < -0.3 is 0 Å². The number of carbonyl (C=O) groups excluding carboxylic acids is 1. The Morgan fingerprint density at radius 1 is 1.12 bits per heavy atom. The average Bonchev–Trinajstić information content (AvgIpc) is 3.49. The van der Waals surface area contributed by atoms with Crippen molar-refractivity contribution >= 4 is 46.3 Å². The molecule has 1 aliphatic carbocycles. The molecule has 1 fully saturated rings. The second kappa shape index (κ2) is 8.66. The molecule has 0 N–H and O–H groups in total. The van der Waals surface area contributed by atoms with E-state index in [1.807, 2.05) is 6.92 Å². The van der Waals surface area contributed by atoms with Crippen LogP contribution >= 0.6 is 34.8 Å². The highest BCUT2D eigenvalue weighted by atomic mass is 35.5. The topological polar surface area (TPSA) is 29.4 Å². The smallest absolute Gasteiger partial charge is 0.299 e. The number of Topliss-reactive ketones (excluding diaryl/α,β-unsaturated/α-hetero) is 1. The molecule has 4 rings (SSSR count). The monoisotopic (exact) mass is 501 g/mol. The van der Waals surface area contributed by atoms with Crippen LogP contribution in [-0.4, -0.2) is 24.2 Å². The van der Waals surface area contributed by atoms with Crippen LogP contribution in [0.5, 0.6) is 0 Å². The van der Waals surface area contributed by atoms with Gasteiger partial charge in [-0.05, 0) is 47.6 Å². The van der Waals surface area contributed by atoms with Crippen LogP contribution in [0.2, 0.25) is 15.1 Å². The molecule has 8 heteroatoms. The van der Waals surface area contributed by atoms with Crippen LogP contribution in [0.1, 0.15) is 55.2 Å². The van der Waals surface area contributed by atoms with Gasteiger partial charge in [-0.1, -0.05) is 66.0 Å². The number of nitrogens with zero attached hydrogens (tertiary/aromatic N) is 1. The molecule has 2 aromatic rings. The Morgan fingerprint density at radius 2 is 1.72 bits per heavy atom. The van der Waals surface area contributed by atoms with Crippen molar-refractivity contribution in [2.75, 3.05) is 6.54 Å². The lowest BCUT2D eigenvalue weighted by Crippen LogP contribution is -2.43. The number of halogens is 6. The normalized spacial score (nSPS) is 22.0. The van der Waals surface area contributed by atoms with Crippen LogP contribution in [0.15, 0.2) is 41.4 Å². The molecule has 0 saturated heterocycles. The van der Waals surface area contributed by atoms with Gasteiger partial charge >= 0.3 is 6.18 Å². The van der Waals surface area contributed by atoms with Crippen LogP contribution in [0.25, 0.3) is 0 Å². The number of alkyl halides is 3. The van der Waals surface area contributed by atoms with Crippen molar-refractivity contribution in [1.29, 1.82) is 0 Å². The van der Waals surface area contributed by atoms with Gasteiger partial charge in [0.15, 0.2) is 0 Å². The summed E-state index contributed by atoms with van der Waals surface area (Å²) in [6.07, 6.45) is -2.51. The summed E-state index contributed by atoms with van der Waals surface area (Å²) in [6, 6.07) is 9.40. The fourth-order valence-corrected chi connectivity index (χ4v) is 4.81. The van der Waals surface area contributed by atoms with Crippen molar-refractivity contribution in [1.82, 2.24) is 0 Å². The van der Waals surface area contributed by atoms with Crippen LogP contribution in [0, 0.1) is 5.92 Å². The van der Waals surface area contributed by atoms with E-state index in [2.05, 4.69) is 4.99 Å². The standard InChI is InChI=1S/C24H21Cl3F3NO/c1-13(8-21(32)15-2-3-15)14-4-6-17(7-5-14)23(24(28,29)30)11-20(31-12-23)16-9-18(25)22(27)19(26)10-16/h4-7,9-10,13,15H,2-3,8,11-12H2,1H3/t13-,23?/m1/s1. The molecule has 0 amide bonds. The predicted octanol–water partition coefficient (Wildman–Crippen LogP) is 7.81. The fourth-order valence-electron chi connectivity index (χ4n) is 4.21. The van der Waals surface area contributed by atoms with E-state index in [9.17, 15) is 18.0 Å². The number of rotatable bonds is 6. The molecule has 1 saturated carbocycles. The molecule has 2 atom stereocenters. The minimum atomic E-state index is -4.51. The van der Waals surface area contributed by atoms with Gasteiger partial charge in [-0.2, -0.15) is 13.2 Å². The molecule has 2 aromatic carbocycles. The molecule has 0 spiro atoms. The highest BCUT2D eigenvalue weighted by Crippen LogP contribution is 2.48. The summed E-state index contributed by atoms with van der Waals surface area (Å²) in [7, 11) is 0. The Hall–Kier alpha value is -1.56. The molecule has 2 aliphatic rings. The third-order valence-electron chi connectivity index (χ3n) is 6.44. The first kappa shape index (κ1) is 23.6. The van der Waals surface area contributed by atoms with Crippen LogP contribution in [-0.2, 0) is 10.2 Å². The Labute approximate surface area is 199 Å². The van der Waals surface area contributed by atoms with E-state index in [4.69, 9.17) is 34.8 Å². The largest absolute Gasteiger partial charge is 0.400 e. The molecular formula is C24H21Cl3F3NO. The van der Waals surface area contributed by atoms with Crippen LogP contribution < -0.4 is 0 Å². The van der Waals surface area contributed by atoms with Crippen molar-refractivity contribution in [2.45, 2.75) is 50.1 Å². The molecule has 0 aromatic heterocycles. The lowest BCUT2D eigenvalue weighted by Gasteiger charge is -2.32. The summed E-state index contributed by atoms with van der Waals surface area (Å²) < 4.78 is 43.0. The predicted molar refractivity (Wildman–Crippen MR) is 122 cm³/mol. The van der Waals surface area contributed by atoms with Gasteiger partial charge in [-0.15, -0.1) is 0 Å². The van der Waals surface area contributed by atoms with E-state index in [0.29, 0.717) is 12.0 Å². The van der Waals surface area contributed by atoms with Crippen molar-refractivity contribution in [2.24, 2.45) is 10.9 Å². The van der Waals surface area contributed by atoms with E-state index in [1.54, 1.807) is 12.1 Å². The highest BCUT2D eigenvalue weighted by molar-refractivity contribution is 6.48. The molecular weight excluding hydrogens is 482 g/mol. The average molecular weight is 503 g/mol. The van der Waals surface area contributed by atoms with Gasteiger partial charge in [0.05, 0.1) is 21.6 Å². The molecule has 0 radical (unpaired) electrons. The first-order valence-electron chi connectivity index (χ1n) is 10.4. The van der Waals surface area contributed by atoms with Gasteiger partial charge in [0, 0.05) is 24.5 Å². The molecule has 0 bridgehead atoms. The maximum atomic E-state index is 14.3. The Morgan fingerprint density at radius 3 is 2.25 bits per heavy atom. The summed E-state index contributed by atoms with van der Waals surface area (Å²) in [4.78, 5) is 16.3. The minimum absolute atomic E-state index is 0.0345. The fraction of sp³-hybridized carbons (Fsp3) is 0.417. The lowest BCUT2D eigenvalue weighted by molar-refractivity contribution is -0.183. The zero-order chi connectivity index (χ0) is 23.3. The van der Waals surface area contributed by atoms with Crippen molar-refractivity contribution in [3.8, 4) is 0 Å². The minimum Gasteiger partial charge on any atom is -0.299 e. The van der Waals surface area contributed by atoms with Crippen LogP contribution in [0.4, 0.5) is 13.2 Å². The molecule has 2 nitrogen and oxygen atoms in total. The van der Waals surface area contributed by atoms with Gasteiger partial charge in [-0.25, -0.2) is 0 Å². The van der Waals surface area contributed by atoms with Crippen molar-refractivity contribution in [3.63, 3.8) is 0 Å². The Balaban J connectivity index is 1.59. The second-order valence-corrected chi connectivity index (χ2v) is 9.93. The molecule has 1 heterocycles. The first-order chi connectivity index (χ1) is 15.0. The molecule has 32 heavy (non-hydrogen) atoms. The number of benzene rings is 2. The third kappa shape index (κ3) is 4.44. The Bertz CT molecular complexity index is 1050. The summed E-state index contributed by atoms with van der Waals surface area (Å²) in [5.41, 5.74) is -0.406. The summed E-state index contributed by atoms with van der Waals surface area (Å²) in [5, 5.41) is 0.489. The number of hydrogen-bond donors (Lipinski definition) is 0. The molecule has 1 unspecified atom stereocenters. The number of hydrogen-bond acceptors (Lipinski definition) is 2. The molecule has 170 valence electrons. The van der Waals surface area contributed by atoms with Gasteiger partial charge in [0.25, 0.3) is 0 Å². The van der Waals surface area contributed by atoms with Gasteiger partial charge in [0.2, 0.25) is 0 Å². The zero-order valence-electron chi connectivity index (χ0n) is 17.3.